The lowest BCUT2D eigenvalue weighted by atomic mass is 10.0. The van der Waals surface area contributed by atoms with Crippen LogP contribution in [0.2, 0.25) is 0 Å². The summed E-state index contributed by atoms with van der Waals surface area (Å²) in [4.78, 5) is 76.4. The van der Waals surface area contributed by atoms with Crippen molar-refractivity contribution >= 4 is 52.7 Å². The summed E-state index contributed by atoms with van der Waals surface area (Å²) in [6.07, 6.45) is 16.3. The Morgan fingerprint density at radius 3 is 1.33 bits per heavy atom. The number of esters is 6. The standard InChI is InChI=1S/C20H32O7.2C12H24O4.C6H10O2.C4H10O.C3H3ClO.CH3F/c1-5-17(27-19(23)7-3)14-16(21)13-15(4)26-20(24)11-9-8-10-12-25-18(22)6-2;2*1-3-11(14)9-10(2)16-12(15)7-5-4-6-8-13;7-6-4-2-1-3-5-8-6;1-3-4(2)5;1-2-3(4)5;1-2/h6-7,15-17,21H,2-3,5,8-14H2,1,4H3;2*10-11,13-14H,3-9H2,1-2H3;1-5H2;4-5H,3H2,1-2H3;2H,1H2;1H3/i;;;;;;1D. The van der Waals surface area contributed by atoms with Gasteiger partial charge in [0.15, 0.2) is 0 Å². The Hall–Kier alpha value is -4.31. The Labute approximate surface area is 479 Å². The number of cyclic esters (lactones) is 1. The number of allylic oxidation sites excluding steroid dienone is 1. The maximum absolute atomic E-state index is 11.8. The van der Waals surface area contributed by atoms with Crippen LogP contribution in [0.4, 0.5) is 4.39 Å². The molecule has 1 aliphatic rings. The van der Waals surface area contributed by atoms with Gasteiger partial charge in [0.1, 0.15) is 24.4 Å². The molecule has 466 valence electrons. The fraction of sp³-hybridized carbons (Fsp3) is 0.776. The van der Waals surface area contributed by atoms with Gasteiger partial charge >= 0.3 is 35.8 Å². The third kappa shape index (κ3) is 73.7. The van der Waals surface area contributed by atoms with Gasteiger partial charge in [0.2, 0.25) is 5.24 Å². The van der Waals surface area contributed by atoms with Gasteiger partial charge in [0, 0.05) is 76.7 Å². The number of ether oxygens (including phenoxy) is 6. The lowest BCUT2D eigenvalue weighted by Gasteiger charge is -2.21. The van der Waals surface area contributed by atoms with Crippen LogP contribution in [-0.2, 0) is 62.0 Å². The Morgan fingerprint density at radius 1 is 0.595 bits per heavy atom. The van der Waals surface area contributed by atoms with Crippen LogP contribution in [0.25, 0.3) is 0 Å². The molecule has 0 radical (unpaired) electrons. The number of carbonyl (C=O) groups is 7. The normalized spacial score (nSPS) is 14.4. The van der Waals surface area contributed by atoms with E-state index in [4.69, 9.17) is 56.7 Å². The maximum atomic E-state index is 11.8. The van der Waals surface area contributed by atoms with E-state index in [0.717, 1.165) is 88.9 Å². The zero-order valence-electron chi connectivity index (χ0n) is 50.2. The molecule has 0 aromatic heterocycles. The molecule has 6 N–H and O–H groups in total. The van der Waals surface area contributed by atoms with Crippen molar-refractivity contribution in [2.75, 3.05) is 33.6 Å². The highest BCUT2D eigenvalue weighted by Gasteiger charge is 2.20. The Kier molecular flexibility index (Phi) is 68.2. The van der Waals surface area contributed by atoms with Crippen LogP contribution < -0.4 is 0 Å². The molecule has 0 bridgehead atoms. The number of aliphatic hydroxyl groups excluding tert-OH is 6. The molecule has 1 saturated heterocycles. The largest absolute Gasteiger partial charge is 0.466 e. The summed E-state index contributed by atoms with van der Waals surface area (Å²) in [5, 5.41) is 53.8. The predicted molar refractivity (Wildman–Crippen MR) is 304 cm³/mol. The Bertz CT molecular complexity index is 1490. The van der Waals surface area contributed by atoms with Crippen molar-refractivity contribution in [1.82, 2.24) is 0 Å². The molecule has 0 amide bonds. The lowest BCUT2D eigenvalue weighted by Crippen LogP contribution is -2.27. The summed E-state index contributed by atoms with van der Waals surface area (Å²) < 4.78 is 45.8. The SMILES string of the molecule is C=CC(=O)Cl.C=CC(=O)OCCCCCC(=O)OC(C)CC(O)CC(CC)OC(=O)C=C.CCC(C)O.CCC(O)CC(C)OC(=O)CCCCCO.CCC(O)CC(C)OC(=O)CCCCCO.O=C1CCCCCO1.[2H]CF. The second-order valence-corrected chi connectivity index (χ2v) is 18.7. The van der Waals surface area contributed by atoms with Gasteiger partial charge in [-0.05, 0) is 135 Å². The summed E-state index contributed by atoms with van der Waals surface area (Å²) in [7, 11) is -1.00. The van der Waals surface area contributed by atoms with E-state index >= 15 is 0 Å². The molecule has 1 fully saturated rings. The molecular formula is C58H106ClFO19. The fourth-order valence-corrected chi connectivity index (χ4v) is 6.09. The minimum absolute atomic E-state index is 0.0255. The molecule has 0 saturated carbocycles. The van der Waals surface area contributed by atoms with E-state index in [0.29, 0.717) is 77.4 Å². The molecule has 0 aliphatic carbocycles. The van der Waals surface area contributed by atoms with Gasteiger partial charge in [-0.3, -0.25) is 28.4 Å². The maximum Gasteiger partial charge on any atom is 0.330 e. The van der Waals surface area contributed by atoms with Crippen molar-refractivity contribution in [2.24, 2.45) is 0 Å². The topological polar surface area (TPSA) is 296 Å². The second-order valence-electron chi connectivity index (χ2n) is 18.3. The monoisotopic (exact) mass is 1160 g/mol. The molecule has 1 rings (SSSR count). The number of rotatable bonds is 35. The second kappa shape index (κ2) is 64.5. The molecule has 1 aliphatic heterocycles. The van der Waals surface area contributed by atoms with Gasteiger partial charge in [0.05, 0.1) is 46.2 Å². The Balaban J connectivity index is -0.000000223. The first-order valence-electron chi connectivity index (χ1n) is 28.5. The van der Waals surface area contributed by atoms with Gasteiger partial charge < -0.3 is 59.1 Å². The molecule has 8 atom stereocenters. The number of hydrogen-bond acceptors (Lipinski definition) is 19. The van der Waals surface area contributed by atoms with Gasteiger partial charge in [0.25, 0.3) is 0 Å². The van der Waals surface area contributed by atoms with Gasteiger partial charge in [-0.2, -0.15) is 0 Å². The van der Waals surface area contributed by atoms with Gasteiger partial charge in [-0.1, -0.05) is 60.3 Å². The summed E-state index contributed by atoms with van der Waals surface area (Å²) in [5.74, 6) is -1.76. The van der Waals surface area contributed by atoms with Crippen molar-refractivity contribution in [1.29, 1.82) is 0 Å². The van der Waals surface area contributed by atoms with Crippen LogP contribution in [0.1, 0.15) is 211 Å². The van der Waals surface area contributed by atoms with Crippen LogP contribution in [0, 0.1) is 0 Å². The average molecular weight is 1160 g/mol. The molecule has 21 heteroatoms. The van der Waals surface area contributed by atoms with E-state index in [-0.39, 0.29) is 74.7 Å². The number of halogens is 2. The first-order chi connectivity index (χ1) is 37.9. The van der Waals surface area contributed by atoms with E-state index in [9.17, 15) is 53.3 Å². The third-order valence-corrected chi connectivity index (χ3v) is 10.9. The van der Waals surface area contributed by atoms with E-state index < -0.39 is 54.9 Å². The number of unbranched alkanes of at least 4 members (excludes halogenated alkanes) is 6. The van der Waals surface area contributed by atoms with Crippen molar-refractivity contribution < 1.29 is 98.4 Å². The molecular weight excluding hydrogens is 1060 g/mol. The van der Waals surface area contributed by atoms with Crippen LogP contribution >= 0.6 is 11.6 Å². The quantitative estimate of drug-likeness (QED) is 0.0113. The van der Waals surface area contributed by atoms with Crippen LogP contribution in [0.15, 0.2) is 38.0 Å². The highest BCUT2D eigenvalue weighted by Crippen LogP contribution is 2.15. The third-order valence-electron chi connectivity index (χ3n) is 10.7. The number of carbonyl (C=O) groups excluding carboxylic acids is 7. The zero-order chi connectivity index (χ0) is 62.5. The number of hydrogen-bond donors (Lipinski definition) is 6. The van der Waals surface area contributed by atoms with Crippen molar-refractivity contribution in [3.8, 4) is 0 Å². The zero-order valence-corrected chi connectivity index (χ0v) is 50.0. The average Bonchev–Trinajstić information content (AvgIpc) is 3.67. The van der Waals surface area contributed by atoms with Crippen molar-refractivity contribution in [2.45, 2.75) is 258 Å². The smallest absolute Gasteiger partial charge is 0.330 e. The molecule has 1 heterocycles. The molecule has 79 heavy (non-hydrogen) atoms. The predicted octanol–water partition coefficient (Wildman–Crippen LogP) is 9.52. The number of alkyl halides is 1. The molecule has 0 aromatic carbocycles. The van der Waals surface area contributed by atoms with Crippen LogP contribution in [0.5, 0.6) is 0 Å². The lowest BCUT2D eigenvalue weighted by molar-refractivity contribution is -0.151. The first kappa shape index (κ1) is 83.5. The Morgan fingerprint density at radius 2 is 0.987 bits per heavy atom. The minimum Gasteiger partial charge on any atom is -0.466 e. The van der Waals surface area contributed by atoms with E-state index in [1.807, 2.05) is 27.7 Å². The van der Waals surface area contributed by atoms with E-state index in [1.54, 1.807) is 27.7 Å². The van der Waals surface area contributed by atoms with Crippen LogP contribution in [0.3, 0.4) is 0 Å². The summed E-state index contributed by atoms with van der Waals surface area (Å²) >= 11 is 4.71. The van der Waals surface area contributed by atoms with Crippen molar-refractivity contribution in [3.63, 3.8) is 0 Å². The van der Waals surface area contributed by atoms with Gasteiger partial charge in [-0.25, -0.2) is 9.59 Å². The van der Waals surface area contributed by atoms with E-state index in [1.165, 1.54) is 0 Å². The molecule has 0 spiro atoms. The molecule has 8 unspecified atom stereocenters. The number of aliphatic hydroxyl groups is 6. The summed E-state index contributed by atoms with van der Waals surface area (Å²) in [5.41, 5.74) is 0. The minimum atomic E-state index is -1.00. The summed E-state index contributed by atoms with van der Waals surface area (Å²) in [6, 6.07) is 0. The summed E-state index contributed by atoms with van der Waals surface area (Å²) in [6.45, 7) is 25.7. The highest BCUT2D eigenvalue weighted by atomic mass is 35.5. The highest BCUT2D eigenvalue weighted by molar-refractivity contribution is 6.66. The van der Waals surface area contributed by atoms with E-state index in [2.05, 4.69) is 19.7 Å². The fourth-order valence-electron chi connectivity index (χ4n) is 6.09. The van der Waals surface area contributed by atoms with Crippen LogP contribution in [-0.4, -0.2) is 154 Å². The first-order valence-corrected chi connectivity index (χ1v) is 28.2. The molecule has 19 nitrogen and oxygen atoms in total. The molecule has 0 aromatic rings. The van der Waals surface area contributed by atoms with Crippen molar-refractivity contribution in [3.05, 3.63) is 38.0 Å². The van der Waals surface area contributed by atoms with Gasteiger partial charge in [-0.15, -0.1) is 0 Å².